The standard InChI is InChI=1S/C13H23N3/c1-3-11-9-12(16(4-2)15-11)7-8-13(14)10-5-6-10/h9-10,13H,3-8,14H2,1-2H3. The summed E-state index contributed by atoms with van der Waals surface area (Å²) in [5, 5.41) is 4.56. The second kappa shape index (κ2) is 5.00. The highest BCUT2D eigenvalue weighted by atomic mass is 15.3. The highest BCUT2D eigenvalue weighted by Gasteiger charge is 2.28. The smallest absolute Gasteiger partial charge is 0.0624 e. The van der Waals surface area contributed by atoms with Crippen LogP contribution in [0.2, 0.25) is 0 Å². The van der Waals surface area contributed by atoms with Crippen LogP contribution in [0.15, 0.2) is 6.07 Å². The second-order valence-corrected chi connectivity index (χ2v) is 4.84. The van der Waals surface area contributed by atoms with Gasteiger partial charge in [0.2, 0.25) is 0 Å². The number of hydrogen-bond acceptors (Lipinski definition) is 2. The van der Waals surface area contributed by atoms with Gasteiger partial charge < -0.3 is 5.73 Å². The third kappa shape index (κ3) is 2.64. The van der Waals surface area contributed by atoms with Gasteiger partial charge in [-0.1, -0.05) is 6.92 Å². The largest absolute Gasteiger partial charge is 0.327 e. The maximum absolute atomic E-state index is 6.13. The van der Waals surface area contributed by atoms with Crippen molar-refractivity contribution in [3.8, 4) is 0 Å². The molecule has 16 heavy (non-hydrogen) atoms. The summed E-state index contributed by atoms with van der Waals surface area (Å²) in [6, 6.07) is 2.65. The van der Waals surface area contributed by atoms with Crippen molar-refractivity contribution in [2.75, 3.05) is 0 Å². The molecule has 0 aliphatic heterocycles. The summed E-state index contributed by atoms with van der Waals surface area (Å²) in [4.78, 5) is 0. The SMILES string of the molecule is CCc1cc(CCC(N)C2CC2)n(CC)n1. The molecule has 1 saturated carbocycles. The van der Waals surface area contributed by atoms with Crippen LogP contribution in [0.3, 0.4) is 0 Å². The molecule has 3 heteroatoms. The number of aromatic nitrogens is 2. The third-order valence-corrected chi connectivity index (χ3v) is 3.54. The number of hydrogen-bond donors (Lipinski definition) is 1. The summed E-state index contributed by atoms with van der Waals surface area (Å²) in [6.07, 6.45) is 5.90. The van der Waals surface area contributed by atoms with Crippen LogP contribution in [0.5, 0.6) is 0 Å². The van der Waals surface area contributed by atoms with E-state index < -0.39 is 0 Å². The van der Waals surface area contributed by atoms with Crippen LogP contribution < -0.4 is 5.73 Å². The Hall–Kier alpha value is -0.830. The Kier molecular flexibility index (Phi) is 3.64. The maximum Gasteiger partial charge on any atom is 0.0624 e. The van der Waals surface area contributed by atoms with Gasteiger partial charge in [-0.2, -0.15) is 5.10 Å². The van der Waals surface area contributed by atoms with E-state index >= 15 is 0 Å². The molecule has 0 radical (unpaired) electrons. The zero-order valence-corrected chi connectivity index (χ0v) is 10.4. The zero-order valence-electron chi connectivity index (χ0n) is 10.4. The second-order valence-electron chi connectivity index (χ2n) is 4.84. The summed E-state index contributed by atoms with van der Waals surface area (Å²) in [6.45, 7) is 5.27. The molecule has 3 nitrogen and oxygen atoms in total. The molecule has 0 bridgehead atoms. The van der Waals surface area contributed by atoms with Crippen LogP contribution in [0.4, 0.5) is 0 Å². The Balaban J connectivity index is 1.93. The van der Waals surface area contributed by atoms with Crippen molar-refractivity contribution in [1.29, 1.82) is 0 Å². The molecule has 1 heterocycles. The number of nitrogens with zero attached hydrogens (tertiary/aromatic N) is 2. The van der Waals surface area contributed by atoms with E-state index in [0.717, 1.165) is 31.7 Å². The van der Waals surface area contributed by atoms with Crippen LogP contribution in [0, 0.1) is 5.92 Å². The molecule has 0 aromatic carbocycles. The minimum atomic E-state index is 0.408. The monoisotopic (exact) mass is 221 g/mol. The lowest BCUT2D eigenvalue weighted by atomic mass is 10.1. The molecule has 1 fully saturated rings. The van der Waals surface area contributed by atoms with Crippen LogP contribution in [-0.4, -0.2) is 15.8 Å². The molecule has 1 aliphatic carbocycles. The molecular weight excluding hydrogens is 198 g/mol. The van der Waals surface area contributed by atoms with Gasteiger partial charge in [0.1, 0.15) is 0 Å². The Labute approximate surface area is 98.0 Å². The number of nitrogens with two attached hydrogens (primary N) is 1. The minimum Gasteiger partial charge on any atom is -0.327 e. The van der Waals surface area contributed by atoms with E-state index in [-0.39, 0.29) is 0 Å². The van der Waals surface area contributed by atoms with Gasteiger partial charge in [-0.3, -0.25) is 4.68 Å². The van der Waals surface area contributed by atoms with E-state index in [9.17, 15) is 0 Å². The van der Waals surface area contributed by atoms with Crippen molar-refractivity contribution < 1.29 is 0 Å². The van der Waals surface area contributed by atoms with E-state index in [1.807, 2.05) is 0 Å². The predicted octanol–water partition coefficient (Wildman–Crippen LogP) is 2.14. The topological polar surface area (TPSA) is 43.8 Å². The van der Waals surface area contributed by atoms with Crippen molar-refractivity contribution in [3.05, 3.63) is 17.5 Å². The van der Waals surface area contributed by atoms with Gasteiger partial charge in [-0.25, -0.2) is 0 Å². The normalized spacial score (nSPS) is 17.7. The van der Waals surface area contributed by atoms with Gasteiger partial charge in [-0.05, 0) is 51.0 Å². The molecule has 2 N–H and O–H groups in total. The highest BCUT2D eigenvalue weighted by molar-refractivity contribution is 5.11. The Morgan fingerprint density at radius 2 is 2.25 bits per heavy atom. The first-order chi connectivity index (χ1) is 7.74. The molecule has 90 valence electrons. The zero-order chi connectivity index (χ0) is 11.5. The van der Waals surface area contributed by atoms with Crippen LogP contribution in [0.25, 0.3) is 0 Å². The quantitative estimate of drug-likeness (QED) is 0.799. The fraction of sp³-hybridized carbons (Fsp3) is 0.769. The molecular formula is C13H23N3. The van der Waals surface area contributed by atoms with E-state index in [1.165, 1.54) is 24.2 Å². The highest BCUT2D eigenvalue weighted by Crippen LogP contribution is 2.33. The van der Waals surface area contributed by atoms with Gasteiger partial charge in [0.05, 0.1) is 5.69 Å². The van der Waals surface area contributed by atoms with E-state index in [2.05, 4.69) is 29.7 Å². The van der Waals surface area contributed by atoms with Crippen molar-refractivity contribution in [3.63, 3.8) is 0 Å². The van der Waals surface area contributed by atoms with Gasteiger partial charge in [0, 0.05) is 18.3 Å². The number of rotatable bonds is 6. The van der Waals surface area contributed by atoms with Crippen LogP contribution >= 0.6 is 0 Å². The van der Waals surface area contributed by atoms with E-state index in [0.29, 0.717) is 6.04 Å². The Morgan fingerprint density at radius 1 is 1.50 bits per heavy atom. The van der Waals surface area contributed by atoms with Gasteiger partial charge >= 0.3 is 0 Å². The summed E-state index contributed by atoms with van der Waals surface area (Å²) in [7, 11) is 0. The van der Waals surface area contributed by atoms with Gasteiger partial charge in [-0.15, -0.1) is 0 Å². The fourth-order valence-corrected chi connectivity index (χ4v) is 2.24. The Morgan fingerprint density at radius 3 is 2.81 bits per heavy atom. The third-order valence-electron chi connectivity index (χ3n) is 3.54. The molecule has 1 unspecified atom stereocenters. The number of aryl methyl sites for hydroxylation is 3. The van der Waals surface area contributed by atoms with Crippen LogP contribution in [0.1, 0.15) is 44.5 Å². The molecule has 1 aliphatic rings. The molecule has 0 amide bonds. The average Bonchev–Trinajstić information content (AvgIpc) is 3.07. The molecule has 2 rings (SSSR count). The first kappa shape index (κ1) is 11.6. The van der Waals surface area contributed by atoms with E-state index in [1.54, 1.807) is 0 Å². The molecule has 1 atom stereocenters. The summed E-state index contributed by atoms with van der Waals surface area (Å²) >= 11 is 0. The lowest BCUT2D eigenvalue weighted by Gasteiger charge is -2.10. The van der Waals surface area contributed by atoms with Crippen molar-refractivity contribution >= 4 is 0 Å². The lowest BCUT2D eigenvalue weighted by molar-refractivity contribution is 0.527. The first-order valence-electron chi connectivity index (χ1n) is 6.55. The predicted molar refractivity (Wildman–Crippen MR) is 66.3 cm³/mol. The summed E-state index contributed by atoms with van der Waals surface area (Å²) < 4.78 is 2.12. The van der Waals surface area contributed by atoms with Crippen molar-refractivity contribution in [1.82, 2.24) is 9.78 Å². The molecule has 1 aromatic heterocycles. The Bertz CT molecular complexity index is 339. The summed E-state index contributed by atoms with van der Waals surface area (Å²) in [5.41, 5.74) is 8.69. The van der Waals surface area contributed by atoms with Gasteiger partial charge in [0.25, 0.3) is 0 Å². The molecule has 0 spiro atoms. The lowest BCUT2D eigenvalue weighted by Crippen LogP contribution is -2.23. The first-order valence-corrected chi connectivity index (χ1v) is 6.55. The van der Waals surface area contributed by atoms with Crippen molar-refractivity contribution in [2.24, 2.45) is 11.7 Å². The fourth-order valence-electron chi connectivity index (χ4n) is 2.24. The minimum absolute atomic E-state index is 0.408. The maximum atomic E-state index is 6.13. The van der Waals surface area contributed by atoms with E-state index in [4.69, 9.17) is 5.73 Å². The van der Waals surface area contributed by atoms with Crippen LogP contribution in [-0.2, 0) is 19.4 Å². The molecule has 0 saturated heterocycles. The van der Waals surface area contributed by atoms with Gasteiger partial charge in [0.15, 0.2) is 0 Å². The molecule has 1 aromatic rings. The summed E-state index contributed by atoms with van der Waals surface area (Å²) in [5.74, 6) is 0.809. The average molecular weight is 221 g/mol. The van der Waals surface area contributed by atoms with Crippen molar-refractivity contribution in [2.45, 2.75) is 58.5 Å².